The number of phenolic OH excluding ortho intramolecular Hbond substituents is 2. The van der Waals surface area contributed by atoms with Gasteiger partial charge in [-0.2, -0.15) is 0 Å². The predicted octanol–water partition coefficient (Wildman–Crippen LogP) is 1.15. The number of halogens is 1. The fourth-order valence-corrected chi connectivity index (χ4v) is 8.05. The molecule has 8 N–H and O–H groups in total. The second-order valence-corrected chi connectivity index (χ2v) is 14.8. The van der Waals surface area contributed by atoms with Crippen LogP contribution in [0, 0.1) is 0 Å². The van der Waals surface area contributed by atoms with Crippen molar-refractivity contribution >= 4 is 75.2 Å². The lowest BCUT2D eigenvalue weighted by Crippen LogP contribution is -2.71. The third-order valence-corrected chi connectivity index (χ3v) is 11.0. The van der Waals surface area contributed by atoms with Crippen molar-refractivity contribution in [3.8, 4) is 11.5 Å². The topological polar surface area (TPSA) is 254 Å². The van der Waals surface area contributed by atoms with Crippen LogP contribution in [0.1, 0.15) is 42.7 Å². The first-order valence-corrected chi connectivity index (χ1v) is 17.6. The number of anilines is 1. The number of carboxylic acid groups (broad SMARTS) is 2. The van der Waals surface area contributed by atoms with Gasteiger partial charge in [-0.1, -0.05) is 16.8 Å². The van der Waals surface area contributed by atoms with E-state index in [0.717, 1.165) is 48.2 Å². The minimum atomic E-state index is -1.79. The van der Waals surface area contributed by atoms with E-state index >= 15 is 0 Å². The van der Waals surface area contributed by atoms with E-state index in [2.05, 4.69) is 20.8 Å². The molecule has 5 rings (SSSR count). The number of carboxylic acids is 2. The summed E-state index contributed by atoms with van der Waals surface area (Å²) >= 11 is 8.33. The van der Waals surface area contributed by atoms with E-state index in [0.29, 0.717) is 23.1 Å². The first-order chi connectivity index (χ1) is 23.5. The number of carbonyl (C=O) groups excluding carboxylic acids is 3. The number of hydrogen-bond acceptors (Lipinski definition) is 13. The molecule has 0 saturated carbocycles. The van der Waals surface area contributed by atoms with Gasteiger partial charge in [0.25, 0.3) is 17.7 Å². The van der Waals surface area contributed by atoms with Crippen molar-refractivity contribution in [2.24, 2.45) is 5.16 Å². The lowest BCUT2D eigenvalue weighted by Gasteiger charge is -2.50. The van der Waals surface area contributed by atoms with E-state index < -0.39 is 63.9 Å². The molecule has 3 aliphatic heterocycles. The number of oxime groups is 1. The summed E-state index contributed by atoms with van der Waals surface area (Å²) in [5.41, 5.74) is 3.89. The Hall–Kier alpha value is -4.59. The molecular formula is C30H35ClN7O10S2+. The molecule has 0 bridgehead atoms. The van der Waals surface area contributed by atoms with Crippen molar-refractivity contribution in [3.63, 3.8) is 0 Å². The summed E-state index contributed by atoms with van der Waals surface area (Å²) in [6.07, 6.45) is 1.77. The van der Waals surface area contributed by atoms with Crippen molar-refractivity contribution in [2.75, 3.05) is 44.2 Å². The van der Waals surface area contributed by atoms with Gasteiger partial charge in [0.2, 0.25) is 5.60 Å². The monoisotopic (exact) mass is 752 g/mol. The molecule has 2 aromatic rings. The number of nitrogens with zero attached hydrogens (tertiary/aromatic N) is 4. The van der Waals surface area contributed by atoms with E-state index in [1.54, 1.807) is 0 Å². The Kier molecular flexibility index (Phi) is 10.5. The van der Waals surface area contributed by atoms with Crippen LogP contribution >= 0.6 is 34.7 Å². The SMILES string of the molecule is CC(C)(O/N=C(\C(=O)N[C@@H]1C(=O)N2C(C(=O)O)=C(C[N+]3(CCNC(=O)c4ccc(O)c(O)c4Cl)CCCC3)CSC12)c1csc(N)n1)C(=O)O. The van der Waals surface area contributed by atoms with E-state index in [-0.39, 0.29) is 39.4 Å². The van der Waals surface area contributed by atoms with Gasteiger partial charge in [-0.05, 0) is 26.0 Å². The van der Waals surface area contributed by atoms with E-state index in [1.807, 2.05) is 0 Å². The largest absolute Gasteiger partial charge is 0.504 e. The highest BCUT2D eigenvalue weighted by Gasteiger charge is 2.55. The number of amides is 3. The summed E-state index contributed by atoms with van der Waals surface area (Å²) in [6, 6.07) is 1.34. The molecule has 1 aromatic carbocycles. The Bertz CT molecular complexity index is 1810. The van der Waals surface area contributed by atoms with Crippen molar-refractivity contribution in [1.82, 2.24) is 20.5 Å². The molecule has 50 heavy (non-hydrogen) atoms. The van der Waals surface area contributed by atoms with Crippen molar-refractivity contribution in [2.45, 2.75) is 43.7 Å². The van der Waals surface area contributed by atoms with Crippen LogP contribution in [-0.4, -0.2) is 126 Å². The second-order valence-electron chi connectivity index (χ2n) is 12.5. The number of aromatic nitrogens is 1. The fraction of sp³-hybridized carbons (Fsp3) is 0.433. The number of phenols is 2. The minimum Gasteiger partial charge on any atom is -0.504 e. The smallest absolute Gasteiger partial charge is 0.352 e. The van der Waals surface area contributed by atoms with Crippen LogP contribution in [0.25, 0.3) is 0 Å². The maximum Gasteiger partial charge on any atom is 0.352 e. The zero-order valence-electron chi connectivity index (χ0n) is 26.8. The first-order valence-electron chi connectivity index (χ1n) is 15.3. The number of β-lactam (4-membered cyclic amide) rings is 1. The van der Waals surface area contributed by atoms with Gasteiger partial charge < -0.3 is 46.1 Å². The third-order valence-electron chi connectivity index (χ3n) is 8.65. The molecule has 4 heterocycles. The molecule has 20 heteroatoms. The molecule has 0 spiro atoms. The Labute approximate surface area is 298 Å². The zero-order valence-corrected chi connectivity index (χ0v) is 29.2. The minimum absolute atomic E-state index is 0.000322. The van der Waals surface area contributed by atoms with E-state index in [1.165, 1.54) is 37.1 Å². The normalized spacial score (nSPS) is 20.2. The van der Waals surface area contributed by atoms with Crippen molar-refractivity contribution < 1.29 is 53.7 Å². The molecule has 1 unspecified atom stereocenters. The van der Waals surface area contributed by atoms with Crippen LogP contribution in [0.3, 0.4) is 0 Å². The van der Waals surface area contributed by atoms with Crippen LogP contribution in [0.15, 0.2) is 33.9 Å². The number of nitrogens with two attached hydrogens (primary N) is 1. The molecule has 2 atom stereocenters. The first kappa shape index (κ1) is 36.7. The summed E-state index contributed by atoms with van der Waals surface area (Å²) in [5.74, 6) is -5.52. The summed E-state index contributed by atoms with van der Waals surface area (Å²) in [6.45, 7) is 4.89. The Morgan fingerprint density at radius 3 is 2.52 bits per heavy atom. The van der Waals surface area contributed by atoms with E-state index in [9.17, 15) is 44.4 Å². The quantitative estimate of drug-likeness (QED) is 0.0499. The number of nitrogens with one attached hydrogen (secondary N) is 2. The molecule has 3 amide bonds. The number of aliphatic carboxylic acids is 2. The van der Waals surface area contributed by atoms with Crippen LogP contribution in [-0.2, 0) is 24.0 Å². The number of nitrogen functional groups attached to an aromatic ring is 1. The number of benzene rings is 1. The Morgan fingerprint density at radius 1 is 1.20 bits per heavy atom. The van der Waals surface area contributed by atoms with Gasteiger partial charge in [0.15, 0.2) is 22.3 Å². The average Bonchev–Trinajstić information content (AvgIpc) is 3.71. The number of carbonyl (C=O) groups is 5. The van der Waals surface area contributed by atoms with Gasteiger partial charge in [0, 0.05) is 29.5 Å². The number of fused-ring (bicyclic) bond motifs is 1. The van der Waals surface area contributed by atoms with Gasteiger partial charge in [-0.25, -0.2) is 14.6 Å². The molecular weight excluding hydrogens is 718 g/mol. The van der Waals surface area contributed by atoms with Crippen LogP contribution in [0.5, 0.6) is 11.5 Å². The third kappa shape index (κ3) is 7.30. The highest BCUT2D eigenvalue weighted by Crippen LogP contribution is 2.41. The van der Waals surface area contributed by atoms with Crippen LogP contribution in [0.4, 0.5) is 5.13 Å². The highest BCUT2D eigenvalue weighted by atomic mass is 35.5. The predicted molar refractivity (Wildman–Crippen MR) is 182 cm³/mol. The molecule has 17 nitrogen and oxygen atoms in total. The molecule has 3 aliphatic rings. The number of thioether (sulfide) groups is 1. The lowest BCUT2D eigenvalue weighted by molar-refractivity contribution is -0.911. The number of aromatic hydroxyl groups is 2. The van der Waals surface area contributed by atoms with Gasteiger partial charge in [0.1, 0.15) is 29.4 Å². The second kappa shape index (κ2) is 14.3. The van der Waals surface area contributed by atoms with E-state index in [4.69, 9.17) is 22.2 Å². The van der Waals surface area contributed by atoms with Gasteiger partial charge in [0.05, 0.1) is 36.8 Å². The zero-order chi connectivity index (χ0) is 36.5. The van der Waals surface area contributed by atoms with Crippen molar-refractivity contribution in [3.05, 3.63) is 45.1 Å². The number of thiazole rings is 1. The summed E-state index contributed by atoms with van der Waals surface area (Å²) in [4.78, 5) is 74.1. The highest BCUT2D eigenvalue weighted by molar-refractivity contribution is 8.00. The molecule has 2 fully saturated rings. The maximum atomic E-state index is 13.5. The Balaban J connectivity index is 1.29. The maximum absolute atomic E-state index is 13.5. The Morgan fingerprint density at radius 2 is 1.90 bits per heavy atom. The summed E-state index contributed by atoms with van der Waals surface area (Å²) in [7, 11) is 0. The van der Waals surface area contributed by atoms with Gasteiger partial charge in [-0.3, -0.25) is 19.3 Å². The number of rotatable bonds is 13. The fourth-order valence-electron chi connectivity index (χ4n) is 5.92. The van der Waals surface area contributed by atoms with Gasteiger partial charge in [-0.15, -0.1) is 23.1 Å². The summed E-state index contributed by atoms with van der Waals surface area (Å²) < 4.78 is 0.470. The molecule has 0 aliphatic carbocycles. The molecule has 1 aromatic heterocycles. The standard InChI is InChI=1S/C30H34ClN7O10S2/c1-30(2,28(46)47)48-36-19(16-13-50-29(32)34-16)24(42)35-20-25(43)37-21(27(44)45)14(12-49-26(20)37)11-38(8-3-4-9-38)10-7-33-23(41)15-5-6-17(39)22(40)18(15)31/h5-6,13,20,26H,3-4,7-12H2,1-2H3,(H7-,32,33,34,35,36,39,40,41,42,44,45,46,47)/p+1/t20-,26?/m1/s1. The van der Waals surface area contributed by atoms with Crippen molar-refractivity contribution in [1.29, 1.82) is 0 Å². The average molecular weight is 753 g/mol. The molecule has 2 saturated heterocycles. The number of likely N-dealkylation sites (tertiary alicyclic amines) is 1. The van der Waals surface area contributed by atoms with Gasteiger partial charge >= 0.3 is 11.9 Å². The molecule has 0 radical (unpaired) electrons. The lowest BCUT2D eigenvalue weighted by atomic mass is 10.0. The molecule has 268 valence electrons. The number of quaternary nitrogens is 1. The van der Waals surface area contributed by atoms with Crippen LogP contribution in [0.2, 0.25) is 5.02 Å². The summed E-state index contributed by atoms with van der Waals surface area (Å²) in [5, 5.41) is 48.8. The van der Waals surface area contributed by atoms with Crippen LogP contribution < -0.4 is 16.4 Å². The number of hydrogen-bond donors (Lipinski definition) is 7.